The normalized spacial score (nSPS) is 13.2. The molecule has 1 heterocycles. The Hall–Kier alpha value is -3.19. The van der Waals surface area contributed by atoms with Crippen LogP contribution in [0.4, 0.5) is 10.1 Å². The van der Waals surface area contributed by atoms with Gasteiger partial charge in [-0.25, -0.2) is 12.8 Å². The van der Waals surface area contributed by atoms with Gasteiger partial charge in [0.05, 0.1) is 17.2 Å². The van der Waals surface area contributed by atoms with E-state index in [-0.39, 0.29) is 10.7 Å². The highest BCUT2D eigenvalue weighted by Crippen LogP contribution is 2.24. The van der Waals surface area contributed by atoms with Crippen molar-refractivity contribution in [2.45, 2.75) is 31.1 Å². The third-order valence-corrected chi connectivity index (χ3v) is 6.68. The molecule has 1 aliphatic heterocycles. The number of unbranched alkanes of at least 4 members (excludes halogenated alkanes) is 1. The molecule has 0 saturated heterocycles. The fourth-order valence-corrected chi connectivity index (χ4v) is 4.64. The molecular weight excluding hydrogens is 427 g/mol. The summed E-state index contributed by atoms with van der Waals surface area (Å²) in [6.45, 7) is 3.29. The highest BCUT2D eigenvalue weighted by molar-refractivity contribution is 7.92. The Morgan fingerprint density at radius 3 is 2.50 bits per heavy atom. The highest BCUT2D eigenvalue weighted by Gasteiger charge is 2.18. The summed E-state index contributed by atoms with van der Waals surface area (Å²) in [5.74, 6) is 0.394. The van der Waals surface area contributed by atoms with Crippen molar-refractivity contribution >= 4 is 21.4 Å². The molecule has 0 unspecified atom stereocenters. The second kappa shape index (κ2) is 9.53. The minimum Gasteiger partial charge on any atom is -0.494 e. The highest BCUT2D eigenvalue weighted by atomic mass is 32.2. The molecule has 0 aliphatic carbocycles. The van der Waals surface area contributed by atoms with Crippen LogP contribution >= 0.6 is 0 Å². The first kappa shape index (κ1) is 22.0. The summed E-state index contributed by atoms with van der Waals surface area (Å²) in [6, 6.07) is 18.2. The Kier molecular flexibility index (Phi) is 6.55. The first-order valence-corrected chi connectivity index (χ1v) is 12.1. The summed E-state index contributed by atoms with van der Waals surface area (Å²) < 4.78 is 47.2. The van der Waals surface area contributed by atoms with E-state index >= 15 is 0 Å². The molecule has 3 aromatic carbocycles. The monoisotopic (exact) mass is 452 g/mol. The van der Waals surface area contributed by atoms with Crippen molar-refractivity contribution in [2.75, 3.05) is 17.9 Å². The Morgan fingerprint density at radius 2 is 1.78 bits per heavy atom. The topological polar surface area (TPSA) is 67.8 Å². The molecule has 5 nitrogen and oxygen atoms in total. The molecule has 0 bridgehead atoms. The van der Waals surface area contributed by atoms with E-state index in [1.807, 2.05) is 12.1 Å². The van der Waals surface area contributed by atoms with E-state index in [0.717, 1.165) is 35.2 Å². The van der Waals surface area contributed by atoms with E-state index in [2.05, 4.69) is 16.6 Å². The average molecular weight is 453 g/mol. The summed E-state index contributed by atoms with van der Waals surface area (Å²) in [5, 5.41) is 0. The lowest BCUT2D eigenvalue weighted by Crippen LogP contribution is -2.15. The second-order valence-electron chi connectivity index (χ2n) is 7.64. The van der Waals surface area contributed by atoms with Crippen LogP contribution in [0.25, 0.3) is 0 Å². The molecule has 3 aromatic rings. The second-order valence-corrected chi connectivity index (χ2v) is 9.32. The van der Waals surface area contributed by atoms with E-state index in [4.69, 9.17) is 4.74 Å². The van der Waals surface area contributed by atoms with Gasteiger partial charge in [-0.3, -0.25) is 9.71 Å². The quantitative estimate of drug-likeness (QED) is 0.478. The molecule has 0 spiro atoms. The van der Waals surface area contributed by atoms with Gasteiger partial charge in [-0.05, 0) is 73.0 Å². The van der Waals surface area contributed by atoms with Crippen LogP contribution in [-0.2, 0) is 16.4 Å². The zero-order valence-corrected chi connectivity index (χ0v) is 18.7. The number of fused-ring (bicyclic) bond motifs is 1. The predicted octanol–water partition coefficient (Wildman–Crippen LogP) is 5.20. The van der Waals surface area contributed by atoms with Crippen molar-refractivity contribution in [3.63, 3.8) is 0 Å². The number of rotatable bonds is 8. The molecule has 4 rings (SSSR count). The van der Waals surface area contributed by atoms with Crippen LogP contribution in [0.1, 0.15) is 36.5 Å². The van der Waals surface area contributed by atoms with Crippen molar-refractivity contribution in [3.8, 4) is 5.75 Å². The zero-order chi connectivity index (χ0) is 22.6. The molecule has 1 aliphatic rings. The van der Waals surface area contributed by atoms with Crippen LogP contribution in [-0.4, -0.2) is 27.3 Å². The van der Waals surface area contributed by atoms with Gasteiger partial charge < -0.3 is 4.74 Å². The maximum atomic E-state index is 13.6. The molecule has 0 fully saturated rings. The Labute approximate surface area is 188 Å². The molecule has 0 saturated carbocycles. The van der Waals surface area contributed by atoms with Gasteiger partial charge >= 0.3 is 0 Å². The first-order chi connectivity index (χ1) is 15.5. The van der Waals surface area contributed by atoms with Gasteiger partial charge in [0.1, 0.15) is 11.6 Å². The standard InChI is InChI=1S/C25H25FN2O3S/c1-2-3-16-31-22-9-11-23(12-10-22)32(29,30)28-21-7-4-18(5-8-21)25-24-13-6-20(26)17-19(24)14-15-27-25/h4-13,17,28H,2-3,14-16H2,1H3. The van der Waals surface area contributed by atoms with Crippen LogP contribution < -0.4 is 9.46 Å². The van der Waals surface area contributed by atoms with Crippen molar-refractivity contribution < 1.29 is 17.5 Å². The van der Waals surface area contributed by atoms with Crippen LogP contribution in [0.3, 0.4) is 0 Å². The largest absolute Gasteiger partial charge is 0.494 e. The van der Waals surface area contributed by atoms with Gasteiger partial charge in [-0.1, -0.05) is 25.5 Å². The van der Waals surface area contributed by atoms with Gasteiger partial charge in [-0.2, -0.15) is 0 Å². The molecule has 0 amide bonds. The predicted molar refractivity (Wildman–Crippen MR) is 125 cm³/mol. The number of nitrogens with one attached hydrogen (secondary N) is 1. The molecule has 1 N–H and O–H groups in total. The smallest absolute Gasteiger partial charge is 0.261 e. The maximum Gasteiger partial charge on any atom is 0.261 e. The number of anilines is 1. The van der Waals surface area contributed by atoms with Crippen molar-refractivity contribution in [3.05, 3.63) is 89.2 Å². The van der Waals surface area contributed by atoms with E-state index in [0.29, 0.717) is 31.0 Å². The molecule has 166 valence electrons. The number of nitrogens with zero attached hydrogens (tertiary/aromatic N) is 1. The molecular formula is C25H25FN2O3S. The van der Waals surface area contributed by atoms with E-state index in [1.54, 1.807) is 36.4 Å². The average Bonchev–Trinajstić information content (AvgIpc) is 2.79. The maximum absolute atomic E-state index is 13.6. The third-order valence-electron chi connectivity index (χ3n) is 5.28. The van der Waals surface area contributed by atoms with Gasteiger partial charge in [0.15, 0.2) is 0 Å². The number of hydrogen-bond donors (Lipinski definition) is 1. The van der Waals surface area contributed by atoms with Gasteiger partial charge in [0, 0.05) is 23.4 Å². The van der Waals surface area contributed by atoms with Crippen LogP contribution in [0.5, 0.6) is 5.75 Å². The molecule has 0 radical (unpaired) electrons. The fourth-order valence-electron chi connectivity index (χ4n) is 3.58. The van der Waals surface area contributed by atoms with Gasteiger partial charge in [0.2, 0.25) is 0 Å². The molecule has 0 aromatic heterocycles. The summed E-state index contributed by atoms with van der Waals surface area (Å²) in [6.07, 6.45) is 2.69. The van der Waals surface area contributed by atoms with E-state index in [1.165, 1.54) is 18.2 Å². The Bertz CT molecular complexity index is 1220. The lowest BCUT2D eigenvalue weighted by molar-refractivity contribution is 0.309. The Morgan fingerprint density at radius 1 is 1.03 bits per heavy atom. The van der Waals surface area contributed by atoms with Gasteiger partial charge in [0.25, 0.3) is 10.0 Å². The van der Waals surface area contributed by atoms with Gasteiger partial charge in [-0.15, -0.1) is 0 Å². The van der Waals surface area contributed by atoms with Crippen LogP contribution in [0, 0.1) is 5.82 Å². The van der Waals surface area contributed by atoms with Crippen molar-refractivity contribution in [1.82, 2.24) is 0 Å². The summed E-state index contributed by atoms with van der Waals surface area (Å²) in [7, 11) is -3.72. The number of ether oxygens (including phenoxy) is 1. The number of hydrogen-bond acceptors (Lipinski definition) is 4. The molecule has 32 heavy (non-hydrogen) atoms. The lowest BCUT2D eigenvalue weighted by atomic mass is 9.93. The van der Waals surface area contributed by atoms with Crippen LogP contribution in [0.2, 0.25) is 0 Å². The van der Waals surface area contributed by atoms with Crippen molar-refractivity contribution in [2.24, 2.45) is 4.99 Å². The first-order valence-electron chi connectivity index (χ1n) is 10.7. The minimum atomic E-state index is -3.72. The van der Waals surface area contributed by atoms with E-state index < -0.39 is 10.0 Å². The van der Waals surface area contributed by atoms with Crippen molar-refractivity contribution in [1.29, 1.82) is 0 Å². The van der Waals surface area contributed by atoms with E-state index in [9.17, 15) is 12.8 Å². The zero-order valence-electron chi connectivity index (χ0n) is 17.8. The summed E-state index contributed by atoms with van der Waals surface area (Å²) in [5.41, 5.74) is 3.94. The molecule has 0 atom stereocenters. The van der Waals surface area contributed by atoms with Crippen LogP contribution in [0.15, 0.2) is 76.6 Å². The molecule has 7 heteroatoms. The fraction of sp³-hybridized carbons (Fsp3) is 0.240. The third kappa shape index (κ3) is 4.99. The Balaban J connectivity index is 1.47. The number of benzene rings is 3. The summed E-state index contributed by atoms with van der Waals surface area (Å²) in [4.78, 5) is 4.76. The summed E-state index contributed by atoms with van der Waals surface area (Å²) >= 11 is 0. The minimum absolute atomic E-state index is 0.164. The SMILES string of the molecule is CCCCOc1ccc(S(=O)(=O)Nc2ccc(C3=NCCc4cc(F)ccc43)cc2)cc1. The number of halogens is 1. The number of aliphatic imine (C=N–C) groups is 1. The number of sulfonamides is 1. The lowest BCUT2D eigenvalue weighted by Gasteiger charge is -2.17.